The summed E-state index contributed by atoms with van der Waals surface area (Å²) in [7, 11) is 0. The van der Waals surface area contributed by atoms with Crippen molar-refractivity contribution in [2.24, 2.45) is 0 Å². The predicted molar refractivity (Wildman–Crippen MR) is 98.9 cm³/mol. The summed E-state index contributed by atoms with van der Waals surface area (Å²) in [4.78, 5) is 13.2. The monoisotopic (exact) mass is 421 g/mol. The molecule has 0 saturated heterocycles. The number of halogens is 1. The molecular weight excluding hydrogens is 406 g/mol. The van der Waals surface area contributed by atoms with Gasteiger partial charge in [0.2, 0.25) is 5.89 Å². The van der Waals surface area contributed by atoms with Crippen LogP contribution in [-0.4, -0.2) is 21.4 Å². The van der Waals surface area contributed by atoms with Crippen LogP contribution in [0.5, 0.6) is 0 Å². The third-order valence-electron chi connectivity index (χ3n) is 3.13. The number of hydrogen-bond donors (Lipinski definition) is 1. The van der Waals surface area contributed by atoms with Gasteiger partial charge in [0.05, 0.1) is 6.42 Å². The molecule has 0 aliphatic rings. The summed E-state index contributed by atoms with van der Waals surface area (Å²) < 4.78 is 11.1. The Morgan fingerprint density at radius 3 is 2.56 bits per heavy atom. The molecule has 1 aromatic carbocycles. The molecule has 6 nitrogen and oxygen atoms in total. The molecule has 0 aliphatic carbocycles. The fraction of sp³-hybridized carbons (Fsp3) is 0.235. The summed E-state index contributed by atoms with van der Waals surface area (Å²) in [6.45, 7) is 4.32. The van der Waals surface area contributed by atoms with Crippen molar-refractivity contribution < 1.29 is 13.6 Å². The summed E-state index contributed by atoms with van der Waals surface area (Å²) in [6, 6.07) is 11.4. The van der Waals surface area contributed by atoms with Gasteiger partial charge in [-0.15, -0.1) is 16.9 Å². The van der Waals surface area contributed by atoms with E-state index in [1.54, 1.807) is 12.1 Å². The van der Waals surface area contributed by atoms with Gasteiger partial charge in [-0.3, -0.25) is 10.1 Å². The van der Waals surface area contributed by atoms with Crippen molar-refractivity contribution in [3.63, 3.8) is 0 Å². The molecule has 3 aromatic rings. The van der Waals surface area contributed by atoms with Crippen LogP contribution in [0.2, 0.25) is 0 Å². The van der Waals surface area contributed by atoms with E-state index in [-0.39, 0.29) is 11.8 Å². The smallest absolute Gasteiger partial charge is 0.322 e. The molecule has 3 rings (SSSR count). The van der Waals surface area contributed by atoms with E-state index in [1.165, 1.54) is 4.90 Å². The fourth-order valence-electron chi connectivity index (χ4n) is 2.10. The molecule has 0 saturated carbocycles. The van der Waals surface area contributed by atoms with E-state index in [2.05, 4.69) is 57.4 Å². The lowest BCUT2D eigenvalue weighted by Crippen LogP contribution is -2.10. The van der Waals surface area contributed by atoms with Gasteiger partial charge in [0, 0.05) is 10.1 Å². The molecule has 0 spiro atoms. The molecule has 2 heterocycles. The highest BCUT2D eigenvalue weighted by atomic mass is 79.9. The molecule has 0 unspecified atom stereocenters. The van der Waals surface area contributed by atoms with Crippen LogP contribution in [-0.2, 0) is 6.42 Å². The van der Waals surface area contributed by atoms with E-state index in [1.807, 2.05) is 23.9 Å². The number of amides is 1. The highest BCUT2D eigenvalue weighted by molar-refractivity contribution is 9.10. The van der Waals surface area contributed by atoms with Gasteiger partial charge in [-0.25, -0.2) is 0 Å². The van der Waals surface area contributed by atoms with E-state index in [4.69, 9.17) is 8.83 Å². The molecule has 8 heteroatoms. The average molecular weight is 422 g/mol. The summed E-state index contributed by atoms with van der Waals surface area (Å²) in [6.07, 6.45) is 0.502. The number of anilines is 1. The Kier molecular flexibility index (Phi) is 5.60. The Hall–Kier alpha value is -2.06. The second kappa shape index (κ2) is 7.88. The van der Waals surface area contributed by atoms with Crippen LogP contribution >= 0.6 is 27.7 Å². The molecule has 0 radical (unpaired) electrons. The Morgan fingerprint density at radius 2 is 1.92 bits per heavy atom. The van der Waals surface area contributed by atoms with Gasteiger partial charge in [-0.1, -0.05) is 31.1 Å². The zero-order valence-electron chi connectivity index (χ0n) is 13.7. The molecule has 130 valence electrons. The normalized spacial score (nSPS) is 11.0. The third-order valence-corrected chi connectivity index (χ3v) is 4.58. The Labute approximate surface area is 157 Å². The van der Waals surface area contributed by atoms with E-state index in [0.717, 1.165) is 5.56 Å². The average Bonchev–Trinajstić information content (AvgIpc) is 3.18. The van der Waals surface area contributed by atoms with Gasteiger partial charge < -0.3 is 8.83 Å². The van der Waals surface area contributed by atoms with E-state index >= 15 is 0 Å². The second-order valence-corrected chi connectivity index (χ2v) is 7.98. The Bertz CT molecular complexity index is 858. The molecule has 25 heavy (non-hydrogen) atoms. The fourth-order valence-corrected chi connectivity index (χ4v) is 3.25. The zero-order chi connectivity index (χ0) is 17.8. The topological polar surface area (TPSA) is 81.2 Å². The van der Waals surface area contributed by atoms with Crippen LogP contribution in [0, 0.1) is 0 Å². The van der Waals surface area contributed by atoms with Crippen molar-refractivity contribution in [2.75, 3.05) is 5.32 Å². The number of carbonyl (C=O) groups is 1. The molecule has 0 bridgehead atoms. The quantitative estimate of drug-likeness (QED) is 0.577. The predicted octanol–water partition coefficient (Wildman–Crippen LogP) is 4.77. The molecule has 1 amide bonds. The van der Waals surface area contributed by atoms with E-state index in [9.17, 15) is 4.79 Å². The lowest BCUT2D eigenvalue weighted by Gasteiger charge is -2.05. The van der Waals surface area contributed by atoms with Crippen LogP contribution in [0.1, 0.15) is 35.9 Å². The molecule has 1 N–H and O–H groups in total. The van der Waals surface area contributed by atoms with Crippen LogP contribution < -0.4 is 5.32 Å². The van der Waals surface area contributed by atoms with Gasteiger partial charge in [0.25, 0.3) is 5.91 Å². The minimum atomic E-state index is -0.448. The van der Waals surface area contributed by atoms with Gasteiger partial charge in [0.1, 0.15) is 0 Å². The van der Waals surface area contributed by atoms with Crippen molar-refractivity contribution in [3.8, 4) is 0 Å². The molecule has 0 aliphatic heterocycles. The van der Waals surface area contributed by atoms with Crippen LogP contribution in [0.4, 0.5) is 6.01 Å². The number of benzene rings is 1. The van der Waals surface area contributed by atoms with Crippen molar-refractivity contribution in [1.82, 2.24) is 10.2 Å². The lowest BCUT2D eigenvalue weighted by atomic mass is 10.1. The van der Waals surface area contributed by atoms with E-state index in [0.29, 0.717) is 22.2 Å². The first-order valence-electron chi connectivity index (χ1n) is 7.64. The number of aromatic nitrogens is 2. The third kappa shape index (κ3) is 4.96. The first kappa shape index (κ1) is 17.8. The van der Waals surface area contributed by atoms with Gasteiger partial charge in [0.15, 0.2) is 10.4 Å². The minimum Gasteiger partial charge on any atom is -0.444 e. The molecule has 0 fully saturated rings. The van der Waals surface area contributed by atoms with Crippen molar-refractivity contribution in [1.29, 1.82) is 0 Å². The summed E-state index contributed by atoms with van der Waals surface area (Å²) in [5.41, 5.74) is 1.06. The number of carbonyl (C=O) groups excluding carboxylic acids is 1. The highest BCUT2D eigenvalue weighted by Gasteiger charge is 2.15. The summed E-state index contributed by atoms with van der Waals surface area (Å²) in [5.74, 6) is 0.140. The first-order chi connectivity index (χ1) is 12.0. The van der Waals surface area contributed by atoms with Crippen molar-refractivity contribution in [3.05, 3.63) is 58.3 Å². The van der Waals surface area contributed by atoms with Crippen molar-refractivity contribution >= 4 is 39.6 Å². The lowest BCUT2D eigenvalue weighted by molar-refractivity contribution is 0.0992. The van der Waals surface area contributed by atoms with Crippen molar-refractivity contribution in [2.45, 2.75) is 30.4 Å². The summed E-state index contributed by atoms with van der Waals surface area (Å²) >= 11 is 4.96. The number of nitrogens with one attached hydrogen (secondary N) is 1. The van der Waals surface area contributed by atoms with Gasteiger partial charge in [-0.2, -0.15) is 0 Å². The first-order valence-corrected chi connectivity index (χ1v) is 9.31. The Balaban J connectivity index is 1.60. The minimum absolute atomic E-state index is 0.0412. The van der Waals surface area contributed by atoms with Crippen LogP contribution in [0.3, 0.4) is 0 Å². The maximum absolute atomic E-state index is 12.0. The number of furan rings is 1. The van der Waals surface area contributed by atoms with E-state index < -0.39 is 5.91 Å². The largest absolute Gasteiger partial charge is 0.444 e. The molecule has 0 atom stereocenters. The van der Waals surface area contributed by atoms with Crippen LogP contribution in [0.15, 0.2) is 54.8 Å². The number of nitrogens with zero attached hydrogens (tertiary/aromatic N) is 2. The number of rotatable bonds is 6. The maximum Gasteiger partial charge on any atom is 0.322 e. The molecular formula is C17H16BrN3O3S. The Morgan fingerprint density at radius 1 is 1.16 bits per heavy atom. The van der Waals surface area contributed by atoms with Crippen LogP contribution in [0.25, 0.3) is 0 Å². The SMILES string of the molecule is CC(C)Sc1ccc(Cc2nnc(NC(=O)c3ccc(Br)o3)o2)cc1. The zero-order valence-corrected chi connectivity index (χ0v) is 16.1. The standard InChI is InChI=1S/C17H16BrN3O3S/c1-10(2)25-12-5-3-11(4-6-12)9-15-20-21-17(24-15)19-16(22)13-7-8-14(18)23-13/h3-8,10H,9H2,1-2H3,(H,19,21,22). The van der Waals surface area contributed by atoms with Gasteiger partial charge in [-0.05, 0) is 45.8 Å². The molecule has 2 aromatic heterocycles. The second-order valence-electron chi connectivity index (χ2n) is 5.55. The van der Waals surface area contributed by atoms with Gasteiger partial charge >= 0.3 is 6.01 Å². The maximum atomic E-state index is 12.0. The number of hydrogen-bond acceptors (Lipinski definition) is 6. The summed E-state index contributed by atoms with van der Waals surface area (Å²) in [5, 5.41) is 10.8. The highest BCUT2D eigenvalue weighted by Crippen LogP contribution is 2.23. The number of thioether (sulfide) groups is 1.